The highest BCUT2D eigenvalue weighted by Crippen LogP contribution is 2.29. The number of rotatable bonds is 11. The Morgan fingerprint density at radius 1 is 0.923 bits per heavy atom. The van der Waals surface area contributed by atoms with Gasteiger partial charge in [-0.15, -0.1) is 0 Å². The highest BCUT2D eigenvalue weighted by Gasteiger charge is 2.33. The molecule has 0 bridgehead atoms. The first-order chi connectivity index (χ1) is 18.5. The van der Waals surface area contributed by atoms with Crippen LogP contribution in [-0.2, 0) is 26.2 Å². The van der Waals surface area contributed by atoms with E-state index < -0.39 is 28.5 Å². The van der Waals surface area contributed by atoms with Gasteiger partial charge in [-0.3, -0.25) is 13.9 Å². The summed E-state index contributed by atoms with van der Waals surface area (Å²) in [5.41, 5.74) is 3.68. The van der Waals surface area contributed by atoms with Crippen LogP contribution in [0.4, 0.5) is 5.69 Å². The molecule has 0 spiro atoms. The Bertz CT molecular complexity index is 1400. The Labute approximate surface area is 231 Å². The van der Waals surface area contributed by atoms with Gasteiger partial charge in [0.25, 0.3) is 10.0 Å². The maximum atomic E-state index is 14.0. The van der Waals surface area contributed by atoms with E-state index in [1.165, 1.54) is 4.90 Å². The second-order valence-electron chi connectivity index (χ2n) is 9.55. The van der Waals surface area contributed by atoms with Gasteiger partial charge < -0.3 is 15.0 Å². The van der Waals surface area contributed by atoms with Crippen LogP contribution in [0.25, 0.3) is 0 Å². The molecule has 3 rings (SSSR count). The van der Waals surface area contributed by atoms with Crippen molar-refractivity contribution in [2.24, 2.45) is 0 Å². The highest BCUT2D eigenvalue weighted by molar-refractivity contribution is 7.92. The van der Waals surface area contributed by atoms with Crippen molar-refractivity contribution in [3.63, 3.8) is 0 Å². The molecule has 1 N–H and O–H groups in total. The lowest BCUT2D eigenvalue weighted by atomic mass is 10.1. The van der Waals surface area contributed by atoms with Crippen LogP contribution in [0.1, 0.15) is 36.1 Å². The predicted octanol–water partition coefficient (Wildman–Crippen LogP) is 4.37. The van der Waals surface area contributed by atoms with Gasteiger partial charge in [0.05, 0.1) is 17.7 Å². The van der Waals surface area contributed by atoms with Crippen LogP contribution in [-0.4, -0.2) is 51.4 Å². The Kier molecular flexibility index (Phi) is 9.75. The number of amides is 2. The van der Waals surface area contributed by atoms with Gasteiger partial charge in [0.15, 0.2) is 0 Å². The van der Waals surface area contributed by atoms with E-state index in [9.17, 15) is 18.0 Å². The molecule has 0 aromatic heterocycles. The number of methoxy groups -OCH3 is 1. The van der Waals surface area contributed by atoms with E-state index in [1.807, 2.05) is 45.0 Å². The molecular weight excluding hydrogens is 514 g/mol. The fraction of sp³-hybridized carbons (Fsp3) is 0.333. The van der Waals surface area contributed by atoms with Gasteiger partial charge in [-0.05, 0) is 81.6 Å². The number of nitrogens with zero attached hydrogens (tertiary/aromatic N) is 2. The molecule has 0 unspecified atom stereocenters. The van der Waals surface area contributed by atoms with Crippen molar-refractivity contribution in [3.8, 4) is 5.75 Å². The highest BCUT2D eigenvalue weighted by atomic mass is 32.2. The maximum absolute atomic E-state index is 14.0. The van der Waals surface area contributed by atoms with E-state index in [0.717, 1.165) is 21.0 Å². The third-order valence-corrected chi connectivity index (χ3v) is 8.33. The summed E-state index contributed by atoms with van der Waals surface area (Å²) in [4.78, 5) is 28.3. The molecule has 3 aromatic carbocycles. The molecule has 0 aliphatic heterocycles. The van der Waals surface area contributed by atoms with Crippen molar-refractivity contribution in [1.82, 2.24) is 10.2 Å². The number of sulfonamides is 1. The van der Waals surface area contributed by atoms with Crippen molar-refractivity contribution >= 4 is 27.5 Å². The lowest BCUT2D eigenvalue weighted by molar-refractivity contribution is -0.139. The minimum atomic E-state index is -4.11. The fourth-order valence-electron chi connectivity index (χ4n) is 4.17. The summed E-state index contributed by atoms with van der Waals surface area (Å²) in [5.74, 6) is -0.154. The van der Waals surface area contributed by atoms with Crippen molar-refractivity contribution in [3.05, 3.63) is 89.0 Å². The van der Waals surface area contributed by atoms with Gasteiger partial charge in [-0.25, -0.2) is 8.42 Å². The summed E-state index contributed by atoms with van der Waals surface area (Å²) in [5, 5.41) is 2.76. The zero-order chi connectivity index (χ0) is 28.7. The fourth-order valence-corrected chi connectivity index (χ4v) is 5.64. The normalized spacial score (nSPS) is 11.9. The number of nitrogens with one attached hydrogen (secondary N) is 1. The van der Waals surface area contributed by atoms with Crippen LogP contribution in [0.2, 0.25) is 0 Å². The van der Waals surface area contributed by atoms with Crippen LogP contribution in [0, 0.1) is 20.8 Å². The largest absolute Gasteiger partial charge is 0.497 e. The van der Waals surface area contributed by atoms with E-state index in [1.54, 1.807) is 63.4 Å². The Hall–Kier alpha value is -3.85. The molecule has 39 heavy (non-hydrogen) atoms. The molecule has 0 heterocycles. The first kappa shape index (κ1) is 29.7. The minimum Gasteiger partial charge on any atom is -0.497 e. The second-order valence-corrected chi connectivity index (χ2v) is 11.4. The van der Waals surface area contributed by atoms with Crippen molar-refractivity contribution < 1.29 is 22.7 Å². The molecule has 2 amide bonds. The number of benzene rings is 3. The SMILES string of the molecule is CCNC(=O)[C@H](C)N(Cc1ccc(OC)cc1)C(=O)CN(c1cc(C)ccc1C)S(=O)(=O)c1ccc(C)cc1. The smallest absolute Gasteiger partial charge is 0.264 e. The molecule has 9 heteroatoms. The van der Waals surface area contributed by atoms with Crippen molar-refractivity contribution in [2.75, 3.05) is 24.5 Å². The summed E-state index contributed by atoms with van der Waals surface area (Å²) in [6.07, 6.45) is 0. The average Bonchev–Trinajstić information content (AvgIpc) is 2.92. The Morgan fingerprint density at radius 2 is 1.54 bits per heavy atom. The van der Waals surface area contributed by atoms with Gasteiger partial charge in [0.2, 0.25) is 11.8 Å². The number of anilines is 1. The summed E-state index contributed by atoms with van der Waals surface area (Å²) < 4.78 is 34.3. The summed E-state index contributed by atoms with van der Waals surface area (Å²) in [6.45, 7) is 9.05. The van der Waals surface area contributed by atoms with Crippen molar-refractivity contribution in [2.45, 2.75) is 52.1 Å². The molecule has 3 aromatic rings. The monoisotopic (exact) mass is 551 g/mol. The lowest BCUT2D eigenvalue weighted by Gasteiger charge is -2.32. The standard InChI is InChI=1S/C30H37N3O5S/c1-7-31-30(35)24(5)32(19-25-12-14-26(38-6)15-13-25)29(34)20-33(28-18-22(3)8-11-23(28)4)39(36,37)27-16-9-21(2)10-17-27/h8-18,24H,7,19-20H2,1-6H3,(H,31,35)/t24-/m0/s1. The molecular formula is C30H37N3O5S. The van der Waals surface area contributed by atoms with E-state index in [4.69, 9.17) is 4.74 Å². The number of carbonyl (C=O) groups excluding carboxylic acids is 2. The van der Waals surface area contributed by atoms with Crippen LogP contribution in [0.5, 0.6) is 5.75 Å². The minimum absolute atomic E-state index is 0.0836. The maximum Gasteiger partial charge on any atom is 0.264 e. The molecule has 0 aliphatic rings. The Morgan fingerprint density at radius 3 is 2.13 bits per heavy atom. The van der Waals surface area contributed by atoms with Crippen molar-refractivity contribution in [1.29, 1.82) is 0 Å². The zero-order valence-electron chi connectivity index (χ0n) is 23.4. The van der Waals surface area contributed by atoms with Gasteiger partial charge in [0.1, 0.15) is 18.3 Å². The molecule has 0 fully saturated rings. The van der Waals surface area contributed by atoms with Gasteiger partial charge in [-0.2, -0.15) is 0 Å². The van der Waals surface area contributed by atoms with Crippen LogP contribution in [0.15, 0.2) is 71.6 Å². The molecule has 208 valence electrons. The number of hydrogen-bond donors (Lipinski definition) is 1. The van der Waals surface area contributed by atoms with Crippen LogP contribution < -0.4 is 14.4 Å². The van der Waals surface area contributed by atoms with E-state index in [0.29, 0.717) is 23.5 Å². The first-order valence-electron chi connectivity index (χ1n) is 12.8. The lowest BCUT2D eigenvalue weighted by Crippen LogP contribution is -2.51. The Balaban J connectivity index is 2.06. The number of carbonyl (C=O) groups is 2. The molecule has 0 aliphatic carbocycles. The van der Waals surface area contributed by atoms with Crippen LogP contribution in [0.3, 0.4) is 0 Å². The molecule has 8 nitrogen and oxygen atoms in total. The number of aryl methyl sites for hydroxylation is 3. The summed E-state index contributed by atoms with van der Waals surface area (Å²) >= 11 is 0. The summed E-state index contributed by atoms with van der Waals surface area (Å²) in [7, 11) is -2.54. The molecule has 0 saturated carbocycles. The summed E-state index contributed by atoms with van der Waals surface area (Å²) in [6, 6.07) is 18.4. The molecule has 0 radical (unpaired) electrons. The number of ether oxygens (including phenoxy) is 1. The number of likely N-dealkylation sites (N-methyl/N-ethyl adjacent to an activating group) is 1. The average molecular weight is 552 g/mol. The molecule has 1 atom stereocenters. The van der Waals surface area contributed by atoms with E-state index in [2.05, 4.69) is 5.32 Å². The predicted molar refractivity (Wildman–Crippen MR) is 153 cm³/mol. The molecule has 0 saturated heterocycles. The topological polar surface area (TPSA) is 96.0 Å². The number of hydrogen-bond acceptors (Lipinski definition) is 5. The van der Waals surface area contributed by atoms with Gasteiger partial charge >= 0.3 is 0 Å². The quantitative estimate of drug-likeness (QED) is 0.382. The van der Waals surface area contributed by atoms with E-state index in [-0.39, 0.29) is 17.3 Å². The third-order valence-electron chi connectivity index (χ3n) is 6.55. The third kappa shape index (κ3) is 7.17. The van der Waals surface area contributed by atoms with Crippen LogP contribution >= 0.6 is 0 Å². The second kappa shape index (κ2) is 12.8. The van der Waals surface area contributed by atoms with Gasteiger partial charge in [-0.1, -0.05) is 42.0 Å². The van der Waals surface area contributed by atoms with E-state index >= 15 is 0 Å². The van der Waals surface area contributed by atoms with Gasteiger partial charge in [0, 0.05) is 13.1 Å². The zero-order valence-corrected chi connectivity index (χ0v) is 24.2. The first-order valence-corrected chi connectivity index (χ1v) is 14.3.